The van der Waals surface area contributed by atoms with E-state index in [1.165, 1.54) is 12.1 Å². The van der Waals surface area contributed by atoms with Crippen LogP contribution >= 0.6 is 0 Å². The molecule has 1 N–H and O–H groups in total. The van der Waals surface area contributed by atoms with Gasteiger partial charge < -0.3 is 9.84 Å². The molecule has 0 spiro atoms. The van der Waals surface area contributed by atoms with Gasteiger partial charge in [0.2, 0.25) is 5.75 Å². The minimum Gasteiger partial charge on any atom is -0.448 e. The number of hydrogen-bond acceptors (Lipinski definition) is 5. The van der Waals surface area contributed by atoms with Gasteiger partial charge in [-0.15, -0.1) is 0 Å². The molecule has 0 aliphatic heterocycles. The second kappa shape index (κ2) is 5.66. The zero-order chi connectivity index (χ0) is 14.7. The van der Waals surface area contributed by atoms with E-state index < -0.39 is 11.0 Å². The number of aliphatic hydroxyl groups is 1. The van der Waals surface area contributed by atoms with Gasteiger partial charge in [0.25, 0.3) is 0 Å². The Bertz CT molecular complexity index is 641. The SMILES string of the molecule is Cc1ncccc1Oc1ccc(C(C)O)cc1[N+](=O)[O-]. The van der Waals surface area contributed by atoms with E-state index in [-0.39, 0.29) is 11.4 Å². The van der Waals surface area contributed by atoms with Crippen LogP contribution < -0.4 is 4.74 Å². The van der Waals surface area contributed by atoms with Gasteiger partial charge in [0.05, 0.1) is 16.7 Å². The van der Waals surface area contributed by atoms with Gasteiger partial charge in [0.1, 0.15) is 5.75 Å². The molecule has 1 aromatic carbocycles. The molecule has 0 amide bonds. The summed E-state index contributed by atoms with van der Waals surface area (Å²) in [6.07, 6.45) is 0.843. The summed E-state index contributed by atoms with van der Waals surface area (Å²) in [5.74, 6) is 0.580. The van der Waals surface area contributed by atoms with E-state index in [2.05, 4.69) is 4.98 Å². The molecule has 0 bridgehead atoms. The van der Waals surface area contributed by atoms with Crippen molar-refractivity contribution < 1.29 is 14.8 Å². The smallest absolute Gasteiger partial charge is 0.311 e. The predicted molar refractivity (Wildman–Crippen MR) is 72.8 cm³/mol. The van der Waals surface area contributed by atoms with E-state index in [1.54, 1.807) is 38.2 Å². The number of benzene rings is 1. The van der Waals surface area contributed by atoms with Crippen LogP contribution in [0, 0.1) is 17.0 Å². The largest absolute Gasteiger partial charge is 0.448 e. The Morgan fingerprint density at radius 2 is 2.10 bits per heavy atom. The molecule has 0 radical (unpaired) electrons. The van der Waals surface area contributed by atoms with Crippen molar-refractivity contribution in [1.29, 1.82) is 0 Å². The maximum atomic E-state index is 11.1. The second-order valence-electron chi connectivity index (χ2n) is 4.35. The molecule has 1 heterocycles. The fraction of sp³-hybridized carbons (Fsp3) is 0.214. The molecule has 1 atom stereocenters. The van der Waals surface area contributed by atoms with Gasteiger partial charge in [-0.3, -0.25) is 15.1 Å². The van der Waals surface area contributed by atoms with Crippen molar-refractivity contribution in [3.8, 4) is 11.5 Å². The van der Waals surface area contributed by atoms with Crippen molar-refractivity contribution in [2.75, 3.05) is 0 Å². The van der Waals surface area contributed by atoms with Crippen molar-refractivity contribution in [3.63, 3.8) is 0 Å². The first-order valence-electron chi connectivity index (χ1n) is 6.05. The summed E-state index contributed by atoms with van der Waals surface area (Å²) in [4.78, 5) is 14.6. The Balaban J connectivity index is 2.41. The van der Waals surface area contributed by atoms with E-state index in [1.807, 2.05) is 0 Å². The first-order chi connectivity index (χ1) is 9.49. The summed E-state index contributed by atoms with van der Waals surface area (Å²) in [6, 6.07) is 7.77. The van der Waals surface area contributed by atoms with Crippen molar-refractivity contribution in [1.82, 2.24) is 4.98 Å². The van der Waals surface area contributed by atoms with E-state index in [9.17, 15) is 15.2 Å². The summed E-state index contributed by atoms with van der Waals surface area (Å²) in [5.41, 5.74) is 0.917. The fourth-order valence-electron chi connectivity index (χ4n) is 1.72. The van der Waals surface area contributed by atoms with Crippen LogP contribution in [-0.4, -0.2) is 15.0 Å². The highest BCUT2D eigenvalue weighted by Crippen LogP contribution is 2.34. The van der Waals surface area contributed by atoms with Gasteiger partial charge in [0.15, 0.2) is 0 Å². The number of pyridine rings is 1. The van der Waals surface area contributed by atoms with Gasteiger partial charge in [-0.05, 0) is 37.6 Å². The molecular weight excluding hydrogens is 260 g/mol. The van der Waals surface area contributed by atoms with Crippen molar-refractivity contribution in [2.45, 2.75) is 20.0 Å². The molecule has 2 aromatic rings. The summed E-state index contributed by atoms with van der Waals surface area (Å²) >= 11 is 0. The van der Waals surface area contributed by atoms with Gasteiger partial charge >= 0.3 is 5.69 Å². The quantitative estimate of drug-likeness (QED) is 0.683. The van der Waals surface area contributed by atoms with Crippen LogP contribution in [0.5, 0.6) is 11.5 Å². The number of nitro benzene ring substituents is 1. The van der Waals surface area contributed by atoms with Crippen molar-refractivity contribution in [2.24, 2.45) is 0 Å². The summed E-state index contributed by atoms with van der Waals surface area (Å²) in [5, 5.41) is 20.6. The average Bonchev–Trinajstić information content (AvgIpc) is 2.41. The number of nitrogens with zero attached hydrogens (tertiary/aromatic N) is 2. The van der Waals surface area contributed by atoms with Gasteiger partial charge in [0, 0.05) is 12.3 Å². The molecule has 0 saturated heterocycles. The van der Waals surface area contributed by atoms with E-state index >= 15 is 0 Å². The topological polar surface area (TPSA) is 85.5 Å². The van der Waals surface area contributed by atoms with Crippen LogP contribution in [0.2, 0.25) is 0 Å². The molecular formula is C14H14N2O4. The van der Waals surface area contributed by atoms with E-state index in [4.69, 9.17) is 4.74 Å². The van der Waals surface area contributed by atoms with Crippen LogP contribution in [0.15, 0.2) is 36.5 Å². The molecule has 0 aliphatic rings. The van der Waals surface area contributed by atoms with E-state index in [0.717, 1.165) is 0 Å². The van der Waals surface area contributed by atoms with Gasteiger partial charge in [-0.2, -0.15) is 0 Å². The lowest BCUT2D eigenvalue weighted by molar-refractivity contribution is -0.385. The number of aliphatic hydroxyl groups excluding tert-OH is 1. The molecule has 104 valence electrons. The normalized spacial score (nSPS) is 11.9. The lowest BCUT2D eigenvalue weighted by Gasteiger charge is -2.10. The number of hydrogen-bond donors (Lipinski definition) is 1. The monoisotopic (exact) mass is 274 g/mol. The Hall–Kier alpha value is -2.47. The van der Waals surface area contributed by atoms with Gasteiger partial charge in [-0.25, -0.2) is 0 Å². The zero-order valence-corrected chi connectivity index (χ0v) is 11.1. The summed E-state index contributed by atoms with van der Waals surface area (Å²) < 4.78 is 5.55. The molecule has 0 saturated carbocycles. The number of aryl methyl sites for hydroxylation is 1. The minimum atomic E-state index is -0.775. The maximum Gasteiger partial charge on any atom is 0.311 e. The lowest BCUT2D eigenvalue weighted by atomic mass is 10.1. The summed E-state index contributed by atoms with van der Waals surface area (Å²) in [6.45, 7) is 3.30. The highest BCUT2D eigenvalue weighted by Gasteiger charge is 2.18. The fourth-order valence-corrected chi connectivity index (χ4v) is 1.72. The van der Waals surface area contributed by atoms with Crippen molar-refractivity contribution in [3.05, 3.63) is 57.9 Å². The minimum absolute atomic E-state index is 0.121. The Morgan fingerprint density at radius 3 is 2.70 bits per heavy atom. The molecule has 6 nitrogen and oxygen atoms in total. The van der Waals surface area contributed by atoms with Crippen LogP contribution in [0.1, 0.15) is 24.3 Å². The highest BCUT2D eigenvalue weighted by atomic mass is 16.6. The highest BCUT2D eigenvalue weighted by molar-refractivity contribution is 5.51. The third-order valence-electron chi connectivity index (χ3n) is 2.84. The maximum absolute atomic E-state index is 11.1. The van der Waals surface area contributed by atoms with Gasteiger partial charge in [-0.1, -0.05) is 6.07 Å². The second-order valence-corrected chi connectivity index (χ2v) is 4.35. The first kappa shape index (κ1) is 14.0. The molecule has 6 heteroatoms. The first-order valence-corrected chi connectivity index (χ1v) is 6.05. The Kier molecular flexibility index (Phi) is 3.95. The summed E-state index contributed by atoms with van der Waals surface area (Å²) in [7, 11) is 0. The molecule has 0 fully saturated rings. The number of ether oxygens (including phenoxy) is 1. The Morgan fingerprint density at radius 1 is 1.35 bits per heavy atom. The van der Waals surface area contributed by atoms with Crippen LogP contribution in [0.25, 0.3) is 0 Å². The molecule has 20 heavy (non-hydrogen) atoms. The average molecular weight is 274 g/mol. The van der Waals surface area contributed by atoms with Crippen molar-refractivity contribution >= 4 is 5.69 Å². The number of nitro groups is 1. The van der Waals surface area contributed by atoms with E-state index in [0.29, 0.717) is 17.0 Å². The third-order valence-corrected chi connectivity index (χ3v) is 2.84. The van der Waals surface area contributed by atoms with Crippen LogP contribution in [0.4, 0.5) is 5.69 Å². The molecule has 1 unspecified atom stereocenters. The lowest BCUT2D eigenvalue weighted by Crippen LogP contribution is -1.98. The molecule has 0 aliphatic carbocycles. The van der Waals surface area contributed by atoms with Crippen LogP contribution in [0.3, 0.4) is 0 Å². The molecule has 1 aromatic heterocycles. The number of aromatic nitrogens is 1. The standard InChI is InChI=1S/C14H14N2O4/c1-9-13(4-3-7-15-9)20-14-6-5-11(10(2)17)8-12(14)16(18)19/h3-8,10,17H,1-2H3. The zero-order valence-electron chi connectivity index (χ0n) is 11.1. The Labute approximate surface area is 115 Å². The third kappa shape index (κ3) is 2.92. The number of rotatable bonds is 4. The predicted octanol–water partition coefficient (Wildman–Crippen LogP) is 3.14. The van der Waals surface area contributed by atoms with Crippen LogP contribution in [-0.2, 0) is 0 Å². The molecule has 2 rings (SSSR count).